The molecule has 5 N–H and O–H groups in total. The van der Waals surface area contributed by atoms with Crippen molar-refractivity contribution in [1.29, 1.82) is 0 Å². The zero-order chi connectivity index (χ0) is 22.6. The molecular weight excluding hydrogens is 382 g/mol. The molecule has 0 aliphatic rings. The molecule has 0 aromatic heterocycles. The van der Waals surface area contributed by atoms with Gasteiger partial charge < -0.3 is 21.5 Å². The number of amides is 2. The van der Waals surface area contributed by atoms with E-state index >= 15 is 0 Å². The van der Waals surface area contributed by atoms with Crippen molar-refractivity contribution < 1.29 is 19.5 Å². The molecule has 0 aliphatic heterocycles. The van der Waals surface area contributed by atoms with Gasteiger partial charge in [-0.1, -0.05) is 71.1 Å². The van der Waals surface area contributed by atoms with Gasteiger partial charge in [0.05, 0.1) is 0 Å². The normalized spacial score (nSPS) is 12.9. The molecule has 0 fully saturated rings. The van der Waals surface area contributed by atoms with Crippen LogP contribution in [0, 0.1) is 0 Å². The van der Waals surface area contributed by atoms with Gasteiger partial charge in [0, 0.05) is 6.42 Å². The Kier molecular flexibility index (Phi) is 18.3. The lowest BCUT2D eigenvalue weighted by molar-refractivity contribution is -0.142. The maximum Gasteiger partial charge on any atom is 0.326 e. The SMILES string of the molecule is CCCCCCCCCCCCCC(=O)N[C@@H](C)C(=O)N[C@@H](CCCCN)C(=O)O. The number of unbranched alkanes of at least 4 members (excludes halogenated alkanes) is 11. The first-order valence-electron chi connectivity index (χ1n) is 11.9. The Hall–Kier alpha value is -1.63. The van der Waals surface area contributed by atoms with E-state index in [0.29, 0.717) is 32.2 Å². The second-order valence-electron chi connectivity index (χ2n) is 8.26. The largest absolute Gasteiger partial charge is 0.480 e. The fraction of sp³-hybridized carbons (Fsp3) is 0.870. The molecule has 7 heteroatoms. The smallest absolute Gasteiger partial charge is 0.326 e. The standard InChI is InChI=1S/C23H45N3O4/c1-3-4-5-6-7-8-9-10-11-12-13-17-21(27)25-19(2)22(28)26-20(23(29)30)16-14-15-18-24/h19-20H,3-18,24H2,1-2H3,(H,25,27)(H,26,28)(H,29,30)/t19-,20-/m0/s1. The van der Waals surface area contributed by atoms with Gasteiger partial charge in [-0.25, -0.2) is 4.79 Å². The topological polar surface area (TPSA) is 122 Å². The highest BCUT2D eigenvalue weighted by atomic mass is 16.4. The maximum atomic E-state index is 12.2. The fourth-order valence-electron chi connectivity index (χ4n) is 3.38. The number of carbonyl (C=O) groups is 3. The van der Waals surface area contributed by atoms with Crippen LogP contribution in [0.1, 0.15) is 110 Å². The van der Waals surface area contributed by atoms with E-state index in [2.05, 4.69) is 17.6 Å². The molecule has 2 amide bonds. The Bertz CT molecular complexity index is 471. The molecule has 0 saturated heterocycles. The number of aliphatic carboxylic acids is 1. The molecule has 2 atom stereocenters. The number of carboxylic acids is 1. The minimum Gasteiger partial charge on any atom is -0.480 e. The number of rotatable bonds is 20. The van der Waals surface area contributed by atoms with E-state index in [4.69, 9.17) is 5.73 Å². The first kappa shape index (κ1) is 28.4. The molecule has 0 aromatic rings. The summed E-state index contributed by atoms with van der Waals surface area (Å²) < 4.78 is 0. The van der Waals surface area contributed by atoms with Crippen molar-refractivity contribution in [3.8, 4) is 0 Å². The van der Waals surface area contributed by atoms with E-state index < -0.39 is 24.0 Å². The van der Waals surface area contributed by atoms with Crippen molar-refractivity contribution in [2.45, 2.75) is 122 Å². The lowest BCUT2D eigenvalue weighted by Gasteiger charge is -2.18. The first-order chi connectivity index (χ1) is 14.4. The Morgan fingerprint density at radius 1 is 0.800 bits per heavy atom. The molecule has 0 spiro atoms. The highest BCUT2D eigenvalue weighted by Gasteiger charge is 2.23. The van der Waals surface area contributed by atoms with Gasteiger partial charge in [0.1, 0.15) is 12.1 Å². The third-order valence-corrected chi connectivity index (χ3v) is 5.34. The highest BCUT2D eigenvalue weighted by Crippen LogP contribution is 2.12. The second-order valence-corrected chi connectivity index (χ2v) is 8.26. The van der Waals surface area contributed by atoms with Gasteiger partial charge in [0.25, 0.3) is 0 Å². The minimum absolute atomic E-state index is 0.163. The van der Waals surface area contributed by atoms with E-state index in [1.54, 1.807) is 6.92 Å². The van der Waals surface area contributed by atoms with Crippen molar-refractivity contribution in [3.63, 3.8) is 0 Å². The van der Waals surface area contributed by atoms with Gasteiger partial charge in [-0.15, -0.1) is 0 Å². The molecule has 0 bridgehead atoms. The van der Waals surface area contributed by atoms with Gasteiger partial charge in [-0.05, 0) is 39.2 Å². The van der Waals surface area contributed by atoms with Crippen molar-refractivity contribution >= 4 is 17.8 Å². The van der Waals surface area contributed by atoms with Crippen LogP contribution in [0.25, 0.3) is 0 Å². The van der Waals surface area contributed by atoms with Crippen molar-refractivity contribution in [2.75, 3.05) is 6.54 Å². The molecule has 0 unspecified atom stereocenters. The van der Waals surface area contributed by atoms with Gasteiger partial charge in [-0.2, -0.15) is 0 Å². The Morgan fingerprint density at radius 2 is 1.33 bits per heavy atom. The van der Waals surface area contributed by atoms with Crippen LogP contribution in [0.2, 0.25) is 0 Å². The third kappa shape index (κ3) is 16.2. The zero-order valence-corrected chi connectivity index (χ0v) is 19.2. The van der Waals surface area contributed by atoms with Crippen LogP contribution in [0.15, 0.2) is 0 Å². The summed E-state index contributed by atoms with van der Waals surface area (Å²) in [6.45, 7) is 4.30. The summed E-state index contributed by atoms with van der Waals surface area (Å²) in [5.41, 5.74) is 5.41. The number of hydrogen-bond donors (Lipinski definition) is 4. The molecule has 0 saturated carbocycles. The molecule has 0 rings (SSSR count). The molecule has 176 valence electrons. The number of carboxylic acid groups (broad SMARTS) is 1. The summed E-state index contributed by atoms with van der Waals surface area (Å²) in [6.07, 6.45) is 15.5. The average Bonchev–Trinajstić information content (AvgIpc) is 2.71. The number of nitrogens with two attached hydrogens (primary N) is 1. The first-order valence-corrected chi connectivity index (χ1v) is 11.9. The van der Waals surface area contributed by atoms with E-state index in [0.717, 1.165) is 19.3 Å². The van der Waals surface area contributed by atoms with Crippen molar-refractivity contribution in [3.05, 3.63) is 0 Å². The Labute approximate surface area is 182 Å². The van der Waals surface area contributed by atoms with Gasteiger partial charge in [0.2, 0.25) is 11.8 Å². The molecule has 7 nitrogen and oxygen atoms in total. The summed E-state index contributed by atoms with van der Waals surface area (Å²) in [4.78, 5) is 35.5. The lowest BCUT2D eigenvalue weighted by Crippen LogP contribution is -2.50. The predicted molar refractivity (Wildman–Crippen MR) is 121 cm³/mol. The lowest BCUT2D eigenvalue weighted by atomic mass is 10.1. The van der Waals surface area contributed by atoms with E-state index in [9.17, 15) is 19.5 Å². The fourth-order valence-corrected chi connectivity index (χ4v) is 3.38. The molecule has 0 aromatic carbocycles. The summed E-state index contributed by atoms with van der Waals surface area (Å²) in [7, 11) is 0. The van der Waals surface area contributed by atoms with Crippen LogP contribution in [0.3, 0.4) is 0 Å². The number of hydrogen-bond acceptors (Lipinski definition) is 4. The minimum atomic E-state index is -1.07. The average molecular weight is 428 g/mol. The molecule has 0 heterocycles. The van der Waals surface area contributed by atoms with Gasteiger partial charge >= 0.3 is 5.97 Å². The molecule has 0 aliphatic carbocycles. The summed E-state index contributed by atoms with van der Waals surface area (Å²) in [5.74, 6) is -1.70. The summed E-state index contributed by atoms with van der Waals surface area (Å²) >= 11 is 0. The van der Waals surface area contributed by atoms with Crippen LogP contribution in [0.4, 0.5) is 0 Å². The molecule has 0 radical (unpaired) electrons. The second kappa shape index (κ2) is 19.3. The summed E-state index contributed by atoms with van der Waals surface area (Å²) in [6, 6.07) is -1.70. The maximum absolute atomic E-state index is 12.2. The quantitative estimate of drug-likeness (QED) is 0.220. The van der Waals surface area contributed by atoms with Crippen LogP contribution >= 0.6 is 0 Å². The van der Waals surface area contributed by atoms with Crippen molar-refractivity contribution in [2.24, 2.45) is 5.73 Å². The Balaban J connectivity index is 3.83. The summed E-state index contributed by atoms with van der Waals surface area (Å²) in [5, 5.41) is 14.4. The van der Waals surface area contributed by atoms with Crippen LogP contribution in [0.5, 0.6) is 0 Å². The number of nitrogens with one attached hydrogen (secondary N) is 2. The van der Waals surface area contributed by atoms with E-state index in [1.807, 2.05) is 0 Å². The Morgan fingerprint density at radius 3 is 1.83 bits per heavy atom. The monoisotopic (exact) mass is 427 g/mol. The van der Waals surface area contributed by atoms with E-state index in [-0.39, 0.29) is 5.91 Å². The zero-order valence-electron chi connectivity index (χ0n) is 19.2. The third-order valence-electron chi connectivity index (χ3n) is 5.34. The van der Waals surface area contributed by atoms with E-state index in [1.165, 1.54) is 51.4 Å². The van der Waals surface area contributed by atoms with Crippen molar-refractivity contribution in [1.82, 2.24) is 10.6 Å². The highest BCUT2D eigenvalue weighted by molar-refractivity contribution is 5.90. The molecule has 30 heavy (non-hydrogen) atoms. The van der Waals surface area contributed by atoms with Crippen LogP contribution in [-0.4, -0.2) is 41.5 Å². The van der Waals surface area contributed by atoms with Gasteiger partial charge in [-0.3, -0.25) is 9.59 Å². The van der Waals surface area contributed by atoms with Crippen LogP contribution in [-0.2, 0) is 14.4 Å². The predicted octanol–water partition coefficient (Wildman–Crippen LogP) is 3.89. The van der Waals surface area contributed by atoms with Crippen LogP contribution < -0.4 is 16.4 Å². The van der Waals surface area contributed by atoms with Gasteiger partial charge in [0.15, 0.2) is 0 Å². The molecular formula is C23H45N3O4. The number of carbonyl (C=O) groups excluding carboxylic acids is 2.